The highest BCUT2D eigenvalue weighted by atomic mass is 16.5. The van der Waals surface area contributed by atoms with E-state index in [2.05, 4.69) is 10.6 Å². The summed E-state index contributed by atoms with van der Waals surface area (Å²) in [6, 6.07) is -1.73. The molecule has 0 aliphatic carbocycles. The molecule has 1 aliphatic heterocycles. The van der Waals surface area contributed by atoms with Crippen molar-refractivity contribution in [3.63, 3.8) is 0 Å². The topological polar surface area (TPSA) is 131 Å². The minimum absolute atomic E-state index is 0.0364. The minimum atomic E-state index is -1.20. The van der Waals surface area contributed by atoms with Crippen molar-refractivity contribution in [2.75, 3.05) is 13.2 Å². The van der Waals surface area contributed by atoms with E-state index in [9.17, 15) is 14.4 Å². The number of hydrogen-bond acceptors (Lipinski definition) is 4. The summed E-state index contributed by atoms with van der Waals surface area (Å²) in [7, 11) is 0. The van der Waals surface area contributed by atoms with Crippen LogP contribution in [0, 0.1) is 0 Å². The summed E-state index contributed by atoms with van der Waals surface area (Å²) in [6.07, 6.45) is 0.530. The molecule has 0 saturated carbocycles. The van der Waals surface area contributed by atoms with Gasteiger partial charge in [0.15, 0.2) is 0 Å². The normalized spacial score (nSPS) is 23.6. The minimum Gasteiger partial charge on any atom is -0.480 e. The zero-order chi connectivity index (χ0) is 14.5. The molecule has 108 valence electrons. The van der Waals surface area contributed by atoms with Crippen molar-refractivity contribution in [3.8, 4) is 0 Å². The molecule has 1 heterocycles. The van der Waals surface area contributed by atoms with Gasteiger partial charge >= 0.3 is 12.0 Å². The quantitative estimate of drug-likeness (QED) is 0.502. The SMILES string of the molecule is CC1(NC(=O)NC(CCC(N)=O)C(=O)O)CCOC1. The Balaban J connectivity index is 2.46. The summed E-state index contributed by atoms with van der Waals surface area (Å²) in [5, 5.41) is 13.9. The van der Waals surface area contributed by atoms with E-state index in [1.54, 1.807) is 0 Å². The Hall–Kier alpha value is -1.83. The average Bonchev–Trinajstić information content (AvgIpc) is 2.70. The van der Waals surface area contributed by atoms with Crippen molar-refractivity contribution in [2.45, 2.75) is 37.8 Å². The van der Waals surface area contributed by atoms with Crippen molar-refractivity contribution < 1.29 is 24.2 Å². The third kappa shape index (κ3) is 5.12. The molecule has 8 nitrogen and oxygen atoms in total. The van der Waals surface area contributed by atoms with E-state index in [0.717, 1.165) is 0 Å². The lowest BCUT2D eigenvalue weighted by Gasteiger charge is -2.25. The Kier molecular flexibility index (Phi) is 5.11. The molecule has 0 bridgehead atoms. The van der Waals surface area contributed by atoms with Gasteiger partial charge in [0.25, 0.3) is 0 Å². The third-order valence-electron chi connectivity index (χ3n) is 2.92. The number of hydrogen-bond donors (Lipinski definition) is 4. The van der Waals surface area contributed by atoms with E-state index in [-0.39, 0.29) is 12.8 Å². The second-order valence-electron chi connectivity index (χ2n) is 4.86. The van der Waals surface area contributed by atoms with Crippen molar-refractivity contribution in [1.29, 1.82) is 0 Å². The van der Waals surface area contributed by atoms with Gasteiger partial charge in [-0.15, -0.1) is 0 Å². The van der Waals surface area contributed by atoms with Gasteiger partial charge < -0.3 is 26.2 Å². The van der Waals surface area contributed by atoms with Crippen LogP contribution in [0.3, 0.4) is 0 Å². The predicted molar refractivity (Wildman–Crippen MR) is 65.4 cm³/mol. The van der Waals surface area contributed by atoms with Crippen LogP contribution < -0.4 is 16.4 Å². The first-order valence-corrected chi connectivity index (χ1v) is 6.00. The fourth-order valence-electron chi connectivity index (χ4n) is 1.78. The van der Waals surface area contributed by atoms with Crippen molar-refractivity contribution in [3.05, 3.63) is 0 Å². The molecule has 2 unspecified atom stereocenters. The van der Waals surface area contributed by atoms with Crippen LogP contribution >= 0.6 is 0 Å². The molecular formula is C11H19N3O5. The Labute approximate surface area is 110 Å². The Morgan fingerprint density at radius 3 is 2.63 bits per heavy atom. The Morgan fingerprint density at radius 1 is 1.47 bits per heavy atom. The van der Waals surface area contributed by atoms with Crippen LogP contribution in [0.2, 0.25) is 0 Å². The number of urea groups is 1. The number of amides is 3. The van der Waals surface area contributed by atoms with E-state index >= 15 is 0 Å². The predicted octanol–water partition coefficient (Wildman–Crippen LogP) is -0.817. The van der Waals surface area contributed by atoms with E-state index in [4.69, 9.17) is 15.6 Å². The average molecular weight is 273 g/mol. The molecule has 1 fully saturated rings. The van der Waals surface area contributed by atoms with Gasteiger partial charge in [0.2, 0.25) is 5.91 Å². The van der Waals surface area contributed by atoms with E-state index < -0.39 is 29.5 Å². The maximum absolute atomic E-state index is 11.7. The number of carboxylic acids is 1. The summed E-state index contributed by atoms with van der Waals surface area (Å²) in [5.41, 5.74) is 4.46. The van der Waals surface area contributed by atoms with E-state index in [0.29, 0.717) is 19.6 Å². The molecule has 0 aromatic heterocycles. The molecule has 5 N–H and O–H groups in total. The molecule has 8 heteroatoms. The monoisotopic (exact) mass is 273 g/mol. The first-order valence-electron chi connectivity index (χ1n) is 6.00. The first kappa shape index (κ1) is 15.2. The molecule has 19 heavy (non-hydrogen) atoms. The van der Waals surface area contributed by atoms with Crippen LogP contribution in [0.4, 0.5) is 4.79 Å². The lowest BCUT2D eigenvalue weighted by atomic mass is 10.0. The zero-order valence-corrected chi connectivity index (χ0v) is 10.8. The molecule has 1 saturated heterocycles. The first-order chi connectivity index (χ1) is 8.82. The Bertz CT molecular complexity index is 365. The smallest absolute Gasteiger partial charge is 0.326 e. The van der Waals surface area contributed by atoms with Crippen LogP contribution in [0.1, 0.15) is 26.2 Å². The molecule has 0 radical (unpaired) electrons. The van der Waals surface area contributed by atoms with Crippen LogP contribution in [0.5, 0.6) is 0 Å². The molecule has 1 rings (SSSR count). The zero-order valence-electron chi connectivity index (χ0n) is 10.8. The highest BCUT2D eigenvalue weighted by molar-refractivity contribution is 5.83. The Morgan fingerprint density at radius 2 is 2.16 bits per heavy atom. The maximum Gasteiger partial charge on any atom is 0.326 e. The van der Waals surface area contributed by atoms with Crippen LogP contribution in [0.25, 0.3) is 0 Å². The summed E-state index contributed by atoms with van der Waals surface area (Å²) < 4.78 is 5.17. The van der Waals surface area contributed by atoms with Crippen LogP contribution in [0.15, 0.2) is 0 Å². The number of rotatable bonds is 6. The second-order valence-corrected chi connectivity index (χ2v) is 4.86. The van der Waals surface area contributed by atoms with Gasteiger partial charge in [-0.2, -0.15) is 0 Å². The molecule has 3 amide bonds. The van der Waals surface area contributed by atoms with Crippen LogP contribution in [-0.4, -0.2) is 47.8 Å². The number of carbonyl (C=O) groups is 3. The maximum atomic E-state index is 11.7. The molecular weight excluding hydrogens is 254 g/mol. The van der Waals surface area contributed by atoms with Crippen molar-refractivity contribution in [1.82, 2.24) is 10.6 Å². The molecule has 0 spiro atoms. The van der Waals surface area contributed by atoms with Gasteiger partial charge in [-0.3, -0.25) is 4.79 Å². The number of aliphatic carboxylic acids is 1. The highest BCUT2D eigenvalue weighted by Gasteiger charge is 2.32. The van der Waals surface area contributed by atoms with Crippen LogP contribution in [-0.2, 0) is 14.3 Å². The number of nitrogens with one attached hydrogen (secondary N) is 2. The lowest BCUT2D eigenvalue weighted by molar-refractivity contribution is -0.139. The fourth-order valence-corrected chi connectivity index (χ4v) is 1.78. The van der Waals surface area contributed by atoms with Gasteiger partial charge in [0.1, 0.15) is 6.04 Å². The number of carboxylic acid groups (broad SMARTS) is 1. The fraction of sp³-hybridized carbons (Fsp3) is 0.727. The van der Waals surface area contributed by atoms with Gasteiger partial charge in [0.05, 0.1) is 12.1 Å². The number of nitrogens with two attached hydrogens (primary N) is 1. The van der Waals surface area contributed by atoms with E-state index in [1.807, 2.05) is 6.92 Å². The van der Waals surface area contributed by atoms with Gasteiger partial charge in [-0.25, -0.2) is 9.59 Å². The van der Waals surface area contributed by atoms with Gasteiger partial charge in [-0.1, -0.05) is 0 Å². The lowest BCUT2D eigenvalue weighted by Crippen LogP contribution is -2.54. The second kappa shape index (κ2) is 6.37. The largest absolute Gasteiger partial charge is 0.480 e. The molecule has 0 aromatic carbocycles. The summed E-state index contributed by atoms with van der Waals surface area (Å²) in [6.45, 7) is 2.76. The molecule has 0 aromatic rings. The molecule has 2 atom stereocenters. The number of carbonyl (C=O) groups excluding carboxylic acids is 2. The number of ether oxygens (including phenoxy) is 1. The summed E-state index contributed by atoms with van der Waals surface area (Å²) >= 11 is 0. The van der Waals surface area contributed by atoms with E-state index in [1.165, 1.54) is 0 Å². The van der Waals surface area contributed by atoms with Crippen molar-refractivity contribution >= 4 is 17.9 Å². The summed E-state index contributed by atoms with van der Waals surface area (Å²) in [4.78, 5) is 33.3. The van der Waals surface area contributed by atoms with Crippen molar-refractivity contribution in [2.24, 2.45) is 5.73 Å². The molecule has 1 aliphatic rings. The highest BCUT2D eigenvalue weighted by Crippen LogP contribution is 2.17. The summed E-state index contributed by atoms with van der Waals surface area (Å²) in [5.74, 6) is -1.81. The number of primary amides is 1. The van der Waals surface area contributed by atoms with Gasteiger partial charge in [0, 0.05) is 13.0 Å². The standard InChI is InChI=1S/C11H19N3O5/c1-11(4-5-19-6-11)14-10(18)13-7(9(16)17)2-3-8(12)15/h7H,2-6H2,1H3,(H2,12,15)(H,16,17)(H2,13,14,18). The third-order valence-corrected chi connectivity index (χ3v) is 2.92. The van der Waals surface area contributed by atoms with Gasteiger partial charge in [-0.05, 0) is 19.8 Å².